The Bertz CT molecular complexity index is 1040. The SMILES string of the molecule is CC(O)(C(=O)Nc1ccc(S(=O)(=O)Nc2ccc(NCCO)cc2)cc1Cl)C(F)(F)F. The molecule has 31 heavy (non-hydrogen) atoms. The Morgan fingerprint density at radius 1 is 1.10 bits per heavy atom. The minimum atomic E-state index is -5.22. The van der Waals surface area contributed by atoms with Crippen LogP contribution in [0.15, 0.2) is 47.4 Å². The lowest BCUT2D eigenvalue weighted by atomic mass is 10.1. The lowest BCUT2D eigenvalue weighted by molar-refractivity contribution is -0.242. The molecule has 170 valence electrons. The number of hydrogen-bond donors (Lipinski definition) is 5. The summed E-state index contributed by atoms with van der Waals surface area (Å²) in [5.74, 6) is -1.77. The molecule has 0 aliphatic rings. The highest BCUT2D eigenvalue weighted by Gasteiger charge is 2.55. The predicted molar refractivity (Wildman–Crippen MR) is 110 cm³/mol. The van der Waals surface area contributed by atoms with Gasteiger partial charge in [-0.1, -0.05) is 11.6 Å². The van der Waals surface area contributed by atoms with Crippen molar-refractivity contribution in [1.29, 1.82) is 0 Å². The second kappa shape index (κ2) is 9.30. The zero-order valence-corrected chi connectivity index (χ0v) is 17.6. The number of benzene rings is 2. The summed E-state index contributed by atoms with van der Waals surface area (Å²) >= 11 is 5.92. The Hall–Kier alpha value is -2.54. The summed E-state index contributed by atoms with van der Waals surface area (Å²) in [5, 5.41) is 22.5. The molecule has 0 saturated heterocycles. The largest absolute Gasteiger partial charge is 0.426 e. The van der Waals surface area contributed by atoms with Crippen molar-refractivity contribution in [2.45, 2.75) is 23.6 Å². The number of carbonyl (C=O) groups excluding carboxylic acids is 1. The van der Waals surface area contributed by atoms with E-state index in [0.29, 0.717) is 12.2 Å². The van der Waals surface area contributed by atoms with Gasteiger partial charge in [0.1, 0.15) is 0 Å². The Morgan fingerprint density at radius 3 is 2.19 bits per heavy atom. The van der Waals surface area contributed by atoms with Gasteiger partial charge in [-0.2, -0.15) is 13.2 Å². The molecule has 0 saturated carbocycles. The molecule has 0 aromatic heterocycles. The fourth-order valence-electron chi connectivity index (χ4n) is 2.21. The topological polar surface area (TPSA) is 128 Å². The van der Waals surface area contributed by atoms with E-state index in [2.05, 4.69) is 10.0 Å². The van der Waals surface area contributed by atoms with Crippen LogP contribution in [0.1, 0.15) is 6.92 Å². The minimum absolute atomic E-state index is 0.0701. The third-order valence-corrected chi connectivity index (χ3v) is 5.76. The first kappa shape index (κ1) is 24.7. The fourth-order valence-corrected chi connectivity index (χ4v) is 3.58. The van der Waals surface area contributed by atoms with Crippen molar-refractivity contribution < 1.29 is 36.6 Å². The van der Waals surface area contributed by atoms with Gasteiger partial charge in [0.25, 0.3) is 15.9 Å². The average molecular weight is 482 g/mol. The summed E-state index contributed by atoms with van der Waals surface area (Å²) in [7, 11) is -4.10. The summed E-state index contributed by atoms with van der Waals surface area (Å²) in [6, 6.07) is 9.11. The van der Waals surface area contributed by atoms with Gasteiger partial charge in [0.05, 0.1) is 22.2 Å². The third kappa shape index (κ3) is 6.00. The number of hydrogen-bond acceptors (Lipinski definition) is 6. The van der Waals surface area contributed by atoms with Gasteiger partial charge in [-0.3, -0.25) is 9.52 Å². The first-order chi connectivity index (χ1) is 14.3. The zero-order valence-electron chi connectivity index (χ0n) is 16.0. The average Bonchev–Trinajstić information content (AvgIpc) is 2.67. The van der Waals surface area contributed by atoms with Crippen LogP contribution in [-0.2, 0) is 14.8 Å². The van der Waals surface area contributed by atoms with Gasteiger partial charge in [0, 0.05) is 17.9 Å². The lowest BCUT2D eigenvalue weighted by Gasteiger charge is -2.25. The van der Waals surface area contributed by atoms with E-state index >= 15 is 0 Å². The molecule has 1 amide bonds. The maximum Gasteiger partial charge on any atom is 0.426 e. The van der Waals surface area contributed by atoms with E-state index in [1.807, 2.05) is 5.32 Å². The number of amides is 1. The Labute approximate surface area is 181 Å². The van der Waals surface area contributed by atoms with Crippen molar-refractivity contribution in [3.05, 3.63) is 47.5 Å². The molecule has 0 bridgehead atoms. The van der Waals surface area contributed by atoms with Crippen LogP contribution in [-0.4, -0.2) is 49.5 Å². The molecular weight excluding hydrogens is 463 g/mol. The van der Waals surface area contributed by atoms with Crippen LogP contribution in [0.3, 0.4) is 0 Å². The van der Waals surface area contributed by atoms with Crippen LogP contribution >= 0.6 is 11.6 Å². The highest BCUT2D eigenvalue weighted by molar-refractivity contribution is 7.92. The normalized spacial score (nSPS) is 13.9. The van der Waals surface area contributed by atoms with Gasteiger partial charge in [-0.25, -0.2) is 8.42 Å². The quantitative estimate of drug-likeness (QED) is 0.394. The Balaban J connectivity index is 2.17. The van der Waals surface area contributed by atoms with Crippen molar-refractivity contribution >= 4 is 44.6 Å². The molecule has 0 aliphatic carbocycles. The van der Waals surface area contributed by atoms with Gasteiger partial charge < -0.3 is 20.8 Å². The monoisotopic (exact) mass is 481 g/mol. The van der Waals surface area contributed by atoms with Gasteiger partial charge in [-0.05, 0) is 49.4 Å². The van der Waals surface area contributed by atoms with E-state index in [0.717, 1.165) is 18.2 Å². The lowest BCUT2D eigenvalue weighted by Crippen LogP contribution is -2.52. The molecule has 5 N–H and O–H groups in total. The van der Waals surface area contributed by atoms with E-state index in [9.17, 15) is 31.5 Å². The maximum absolute atomic E-state index is 12.8. The molecule has 0 fully saturated rings. The van der Waals surface area contributed by atoms with Crippen LogP contribution in [0.25, 0.3) is 0 Å². The van der Waals surface area contributed by atoms with Crippen molar-refractivity contribution in [3.63, 3.8) is 0 Å². The molecule has 0 aliphatic heterocycles. The highest BCUT2D eigenvalue weighted by Crippen LogP contribution is 2.33. The van der Waals surface area contributed by atoms with Crippen LogP contribution in [0.2, 0.25) is 5.02 Å². The minimum Gasteiger partial charge on any atom is -0.395 e. The summed E-state index contributed by atoms with van der Waals surface area (Å²) in [5.41, 5.74) is -3.09. The number of aliphatic hydroxyl groups is 2. The van der Waals surface area contributed by atoms with Crippen LogP contribution in [0.5, 0.6) is 0 Å². The first-order valence-electron chi connectivity index (χ1n) is 8.65. The highest BCUT2D eigenvalue weighted by atomic mass is 35.5. The van der Waals surface area contributed by atoms with Gasteiger partial charge in [0.15, 0.2) is 0 Å². The number of sulfonamides is 1. The summed E-state index contributed by atoms with van der Waals surface area (Å²) in [4.78, 5) is 11.5. The second-order valence-corrected chi connectivity index (χ2v) is 8.59. The van der Waals surface area contributed by atoms with Gasteiger partial charge in [-0.15, -0.1) is 0 Å². The number of carbonyl (C=O) groups is 1. The molecular formula is C18H19ClF3N3O5S. The molecule has 1 atom stereocenters. The molecule has 13 heteroatoms. The summed E-state index contributed by atoms with van der Waals surface area (Å²) in [6.45, 7) is 0.536. The van der Waals surface area contributed by atoms with E-state index in [4.69, 9.17) is 16.7 Å². The van der Waals surface area contributed by atoms with Crippen molar-refractivity contribution in [2.24, 2.45) is 0 Å². The van der Waals surface area contributed by atoms with E-state index in [1.54, 1.807) is 12.1 Å². The van der Waals surface area contributed by atoms with Gasteiger partial charge in [0.2, 0.25) is 5.60 Å². The number of alkyl halides is 3. The molecule has 2 aromatic rings. The molecule has 1 unspecified atom stereocenters. The van der Waals surface area contributed by atoms with Crippen molar-refractivity contribution in [3.8, 4) is 0 Å². The second-order valence-electron chi connectivity index (χ2n) is 6.50. The van der Waals surface area contributed by atoms with Crippen LogP contribution in [0.4, 0.5) is 30.2 Å². The standard InChI is InChI=1S/C18H19ClF3N3O5S/c1-17(28,18(20,21)22)16(27)24-15-7-6-13(10-14(15)19)31(29,30)25-12-4-2-11(3-5-12)23-8-9-26/h2-7,10,23,25-26,28H,8-9H2,1H3,(H,24,27). The summed E-state index contributed by atoms with van der Waals surface area (Å²) < 4.78 is 65.7. The van der Waals surface area contributed by atoms with Crippen LogP contribution < -0.4 is 15.4 Å². The molecule has 0 spiro atoms. The van der Waals surface area contributed by atoms with Crippen LogP contribution in [0, 0.1) is 0 Å². The maximum atomic E-state index is 12.8. The van der Waals surface area contributed by atoms with Crippen molar-refractivity contribution in [1.82, 2.24) is 0 Å². The predicted octanol–water partition coefficient (Wildman–Crippen LogP) is 2.80. The zero-order chi connectivity index (χ0) is 23.4. The number of aliphatic hydroxyl groups excluding tert-OH is 1. The third-order valence-electron chi connectivity index (χ3n) is 4.07. The van der Waals surface area contributed by atoms with E-state index in [1.165, 1.54) is 12.1 Å². The molecule has 0 radical (unpaired) electrons. The number of rotatable bonds is 8. The number of halogens is 4. The fraction of sp³-hybridized carbons (Fsp3) is 0.278. The molecule has 2 rings (SSSR count). The molecule has 0 heterocycles. The molecule has 8 nitrogen and oxygen atoms in total. The number of nitrogens with one attached hydrogen (secondary N) is 3. The molecule has 2 aromatic carbocycles. The first-order valence-corrected chi connectivity index (χ1v) is 10.5. The smallest absolute Gasteiger partial charge is 0.395 e. The van der Waals surface area contributed by atoms with E-state index in [-0.39, 0.29) is 34.8 Å². The Morgan fingerprint density at radius 2 is 1.68 bits per heavy atom. The summed E-state index contributed by atoms with van der Waals surface area (Å²) in [6.07, 6.45) is -5.22. The van der Waals surface area contributed by atoms with Crippen molar-refractivity contribution in [2.75, 3.05) is 28.5 Å². The number of anilines is 3. The van der Waals surface area contributed by atoms with E-state index < -0.39 is 27.7 Å². The van der Waals surface area contributed by atoms with Gasteiger partial charge >= 0.3 is 6.18 Å². The Kier molecular flexibility index (Phi) is 7.42.